The Morgan fingerprint density at radius 2 is 1.82 bits per heavy atom. The van der Waals surface area contributed by atoms with E-state index in [-0.39, 0.29) is 0 Å². The highest BCUT2D eigenvalue weighted by Gasteiger charge is 2.34. The molecule has 0 heterocycles. The summed E-state index contributed by atoms with van der Waals surface area (Å²) in [5.74, 6) is 0. The molecular weight excluding hydrogens is 191 g/mol. The summed E-state index contributed by atoms with van der Waals surface area (Å²) < 4.78 is 33.3. The Bertz CT molecular complexity index is 227. The summed E-state index contributed by atoms with van der Waals surface area (Å²) in [5, 5.41) is -1.49. The summed E-state index contributed by atoms with van der Waals surface area (Å²) in [6.07, 6.45) is 2.64. The summed E-state index contributed by atoms with van der Waals surface area (Å²) >= 11 is 5.65. The second-order valence-corrected chi connectivity index (χ2v) is 4.93. The largest absolute Gasteiger partial charge is 0.306 e. The van der Waals surface area contributed by atoms with E-state index < -0.39 is 20.9 Å². The third-order valence-electron chi connectivity index (χ3n) is 1.98. The molecule has 1 aliphatic carbocycles. The highest BCUT2D eigenvalue weighted by Crippen LogP contribution is 2.28. The zero-order valence-corrected chi connectivity index (χ0v) is 7.54. The first-order valence-corrected chi connectivity index (χ1v) is 5.47. The van der Waals surface area contributed by atoms with Gasteiger partial charge in [-0.25, -0.2) is 0 Å². The van der Waals surface area contributed by atoms with E-state index in [0.717, 1.165) is 12.8 Å². The molecule has 2 nitrogen and oxygen atoms in total. The van der Waals surface area contributed by atoms with Crippen LogP contribution in [0.1, 0.15) is 25.7 Å². The highest BCUT2D eigenvalue weighted by molar-refractivity contribution is 7.87. The summed E-state index contributed by atoms with van der Waals surface area (Å²) in [4.78, 5) is 0. The lowest BCUT2D eigenvalue weighted by Gasteiger charge is -2.22. The van der Waals surface area contributed by atoms with Crippen LogP contribution in [0.5, 0.6) is 0 Å². The van der Waals surface area contributed by atoms with Crippen molar-refractivity contribution in [3.05, 3.63) is 0 Å². The first kappa shape index (κ1) is 9.26. The molecule has 0 amide bonds. The third kappa shape index (κ3) is 2.30. The van der Waals surface area contributed by atoms with Crippen LogP contribution in [-0.4, -0.2) is 19.0 Å². The van der Waals surface area contributed by atoms with E-state index in [4.69, 9.17) is 11.6 Å². The summed E-state index contributed by atoms with van der Waals surface area (Å²) in [5.41, 5.74) is 0. The lowest BCUT2D eigenvalue weighted by atomic mass is 10.00. The van der Waals surface area contributed by atoms with Gasteiger partial charge in [-0.05, 0) is 12.8 Å². The van der Waals surface area contributed by atoms with Crippen LogP contribution in [-0.2, 0) is 10.2 Å². The first-order valence-electron chi connectivity index (χ1n) is 3.59. The van der Waals surface area contributed by atoms with Gasteiger partial charge in [0.05, 0.1) is 5.38 Å². The van der Waals surface area contributed by atoms with Crippen LogP contribution in [0.4, 0.5) is 3.89 Å². The highest BCUT2D eigenvalue weighted by atomic mass is 35.5. The zero-order valence-electron chi connectivity index (χ0n) is 5.96. The van der Waals surface area contributed by atoms with E-state index >= 15 is 0 Å². The Balaban J connectivity index is 2.70. The maximum Gasteiger partial charge on any atom is 0.306 e. The molecule has 66 valence electrons. The van der Waals surface area contributed by atoms with Crippen molar-refractivity contribution in [3.63, 3.8) is 0 Å². The Kier molecular flexibility index (Phi) is 2.75. The van der Waals surface area contributed by atoms with E-state index in [2.05, 4.69) is 0 Å². The van der Waals surface area contributed by atoms with Crippen LogP contribution in [0, 0.1) is 0 Å². The summed E-state index contributed by atoms with van der Waals surface area (Å²) in [6, 6.07) is 0. The van der Waals surface area contributed by atoms with Gasteiger partial charge in [-0.3, -0.25) is 0 Å². The molecule has 0 aromatic heterocycles. The molecule has 0 saturated heterocycles. The average molecular weight is 201 g/mol. The van der Waals surface area contributed by atoms with Gasteiger partial charge in [-0.2, -0.15) is 8.42 Å². The fourth-order valence-electron chi connectivity index (χ4n) is 1.37. The van der Waals surface area contributed by atoms with Crippen LogP contribution >= 0.6 is 11.6 Å². The van der Waals surface area contributed by atoms with Crippen molar-refractivity contribution in [2.24, 2.45) is 0 Å². The van der Waals surface area contributed by atoms with Gasteiger partial charge in [0.2, 0.25) is 0 Å². The van der Waals surface area contributed by atoms with Crippen LogP contribution in [0.25, 0.3) is 0 Å². The van der Waals surface area contributed by atoms with Crippen LogP contribution in [0.2, 0.25) is 0 Å². The molecule has 1 aliphatic rings. The van der Waals surface area contributed by atoms with Gasteiger partial charge in [0, 0.05) is 0 Å². The molecule has 5 heteroatoms. The normalized spacial score (nSPS) is 33.6. The lowest BCUT2D eigenvalue weighted by Crippen LogP contribution is -2.30. The van der Waals surface area contributed by atoms with Crippen molar-refractivity contribution in [2.45, 2.75) is 36.3 Å². The van der Waals surface area contributed by atoms with Crippen molar-refractivity contribution < 1.29 is 12.3 Å². The minimum Gasteiger partial charge on any atom is -0.194 e. The molecule has 0 aromatic rings. The molecular formula is C6H10ClFO2S. The smallest absolute Gasteiger partial charge is 0.194 e. The lowest BCUT2D eigenvalue weighted by molar-refractivity contribution is 0.467. The minimum atomic E-state index is -4.41. The minimum absolute atomic E-state index is 0.368. The van der Waals surface area contributed by atoms with Crippen molar-refractivity contribution in [2.75, 3.05) is 0 Å². The van der Waals surface area contributed by atoms with Gasteiger partial charge >= 0.3 is 10.2 Å². The Morgan fingerprint density at radius 3 is 2.18 bits per heavy atom. The van der Waals surface area contributed by atoms with Gasteiger partial charge in [0.25, 0.3) is 0 Å². The summed E-state index contributed by atoms with van der Waals surface area (Å²) in [7, 11) is -4.41. The van der Waals surface area contributed by atoms with Gasteiger partial charge < -0.3 is 0 Å². The molecule has 0 spiro atoms. The van der Waals surface area contributed by atoms with E-state index in [0.29, 0.717) is 12.8 Å². The van der Waals surface area contributed by atoms with Crippen molar-refractivity contribution in [1.29, 1.82) is 0 Å². The zero-order chi connectivity index (χ0) is 8.48. The van der Waals surface area contributed by atoms with Crippen molar-refractivity contribution in [1.82, 2.24) is 0 Å². The molecule has 0 unspecified atom stereocenters. The average Bonchev–Trinajstić information content (AvgIpc) is 1.86. The Morgan fingerprint density at radius 1 is 1.27 bits per heavy atom. The molecule has 0 aliphatic heterocycles. The molecule has 0 N–H and O–H groups in total. The quantitative estimate of drug-likeness (QED) is 0.478. The van der Waals surface area contributed by atoms with Crippen LogP contribution < -0.4 is 0 Å². The maximum atomic E-state index is 12.4. The number of hydrogen-bond acceptors (Lipinski definition) is 2. The van der Waals surface area contributed by atoms with Crippen LogP contribution in [0.15, 0.2) is 0 Å². The monoisotopic (exact) mass is 200 g/mol. The standard InChI is InChI=1S/C6H10ClFO2S/c7-5-3-1-2-4-6(5)11(8,9)10/h5-6H,1-4H2/t5-,6-/m1/s1. The SMILES string of the molecule is O=S(=O)(F)[C@@H]1CCCC[C@H]1Cl. The number of alkyl halides is 1. The second-order valence-electron chi connectivity index (χ2n) is 2.81. The van der Waals surface area contributed by atoms with Gasteiger partial charge in [0.1, 0.15) is 5.25 Å². The molecule has 1 rings (SSSR count). The van der Waals surface area contributed by atoms with E-state index in [1.165, 1.54) is 0 Å². The number of halogens is 2. The molecule has 0 bridgehead atoms. The Labute approximate surface area is 70.9 Å². The van der Waals surface area contributed by atoms with Crippen molar-refractivity contribution in [3.8, 4) is 0 Å². The van der Waals surface area contributed by atoms with Crippen LogP contribution in [0.3, 0.4) is 0 Å². The maximum absolute atomic E-state index is 12.4. The first-order chi connectivity index (χ1) is 5.02. The molecule has 1 saturated carbocycles. The Hall–Kier alpha value is 0.170. The fraction of sp³-hybridized carbons (Fsp3) is 1.00. The summed E-state index contributed by atoms with van der Waals surface area (Å²) in [6.45, 7) is 0. The molecule has 2 atom stereocenters. The van der Waals surface area contributed by atoms with E-state index in [9.17, 15) is 12.3 Å². The topological polar surface area (TPSA) is 34.1 Å². The van der Waals surface area contributed by atoms with Gasteiger partial charge in [0.15, 0.2) is 0 Å². The molecule has 0 radical (unpaired) electrons. The number of rotatable bonds is 1. The predicted molar refractivity (Wildman–Crippen MR) is 41.9 cm³/mol. The molecule has 0 aromatic carbocycles. The second kappa shape index (κ2) is 3.27. The van der Waals surface area contributed by atoms with Crippen molar-refractivity contribution >= 4 is 21.8 Å². The van der Waals surface area contributed by atoms with Gasteiger partial charge in [-0.1, -0.05) is 12.8 Å². The predicted octanol–water partition coefficient (Wildman–Crippen LogP) is 1.84. The van der Waals surface area contributed by atoms with Gasteiger partial charge in [-0.15, -0.1) is 15.5 Å². The molecule has 11 heavy (non-hydrogen) atoms. The fourth-order valence-corrected chi connectivity index (χ4v) is 2.95. The third-order valence-corrected chi connectivity index (χ3v) is 3.94. The van der Waals surface area contributed by atoms with E-state index in [1.807, 2.05) is 0 Å². The molecule has 1 fully saturated rings. The van der Waals surface area contributed by atoms with E-state index in [1.54, 1.807) is 0 Å². The number of hydrogen-bond donors (Lipinski definition) is 0.